The van der Waals surface area contributed by atoms with Crippen molar-refractivity contribution in [1.29, 1.82) is 0 Å². The van der Waals surface area contributed by atoms with E-state index in [1.165, 1.54) is 10.9 Å². The van der Waals surface area contributed by atoms with E-state index in [0.717, 1.165) is 0 Å². The number of carbonyl (C=O) groups is 2. The van der Waals surface area contributed by atoms with E-state index in [1.54, 1.807) is 32.3 Å². The van der Waals surface area contributed by atoms with Crippen molar-refractivity contribution in [2.45, 2.75) is 6.92 Å². The van der Waals surface area contributed by atoms with Gasteiger partial charge in [-0.1, -0.05) is 0 Å². The van der Waals surface area contributed by atoms with Gasteiger partial charge in [-0.2, -0.15) is 5.10 Å². The van der Waals surface area contributed by atoms with Gasteiger partial charge in [-0.15, -0.1) is 0 Å². The van der Waals surface area contributed by atoms with Gasteiger partial charge >= 0.3 is 5.97 Å². The van der Waals surface area contributed by atoms with Gasteiger partial charge in [0.25, 0.3) is 5.91 Å². The highest BCUT2D eigenvalue weighted by Gasteiger charge is 2.19. The molecule has 0 aliphatic heterocycles. The molecule has 2 aromatic heterocycles. The monoisotopic (exact) mass is 262 g/mol. The summed E-state index contributed by atoms with van der Waals surface area (Å²) in [5, 5.41) is 6.58. The summed E-state index contributed by atoms with van der Waals surface area (Å²) in [6.07, 6.45) is 3.01. The van der Waals surface area contributed by atoms with Gasteiger partial charge in [0.1, 0.15) is 17.1 Å². The van der Waals surface area contributed by atoms with Crippen LogP contribution in [0.4, 0.5) is 5.82 Å². The van der Waals surface area contributed by atoms with Crippen LogP contribution in [0.2, 0.25) is 0 Å². The molecule has 2 N–H and O–H groups in total. The first kappa shape index (κ1) is 12.9. The number of H-pyrrole nitrogens is 1. The van der Waals surface area contributed by atoms with Crippen LogP contribution in [-0.2, 0) is 11.8 Å². The van der Waals surface area contributed by atoms with Crippen molar-refractivity contribution in [3.05, 3.63) is 35.8 Å². The van der Waals surface area contributed by atoms with E-state index >= 15 is 0 Å². The summed E-state index contributed by atoms with van der Waals surface area (Å²) >= 11 is 0. The fourth-order valence-corrected chi connectivity index (χ4v) is 1.59. The van der Waals surface area contributed by atoms with E-state index in [4.69, 9.17) is 4.74 Å². The Bertz CT molecular complexity index is 586. The van der Waals surface area contributed by atoms with Crippen molar-refractivity contribution in [2.75, 3.05) is 11.9 Å². The van der Waals surface area contributed by atoms with Crippen molar-refractivity contribution in [3.8, 4) is 0 Å². The Morgan fingerprint density at radius 1 is 1.53 bits per heavy atom. The highest BCUT2D eigenvalue weighted by atomic mass is 16.5. The van der Waals surface area contributed by atoms with Gasteiger partial charge in [-0.3, -0.25) is 9.48 Å². The van der Waals surface area contributed by atoms with Gasteiger partial charge in [0.2, 0.25) is 0 Å². The van der Waals surface area contributed by atoms with Crippen molar-refractivity contribution < 1.29 is 14.3 Å². The second-order valence-corrected chi connectivity index (χ2v) is 3.79. The van der Waals surface area contributed by atoms with Crippen molar-refractivity contribution in [1.82, 2.24) is 14.8 Å². The molecule has 100 valence electrons. The molecular weight excluding hydrogens is 248 g/mol. The molecule has 0 aliphatic rings. The fourth-order valence-electron chi connectivity index (χ4n) is 1.59. The summed E-state index contributed by atoms with van der Waals surface area (Å²) in [6.45, 7) is 1.98. The molecule has 7 nitrogen and oxygen atoms in total. The summed E-state index contributed by atoms with van der Waals surface area (Å²) in [6, 6.07) is 3.35. The van der Waals surface area contributed by atoms with Crippen molar-refractivity contribution >= 4 is 17.7 Å². The normalized spacial score (nSPS) is 10.2. The largest absolute Gasteiger partial charge is 0.462 e. The van der Waals surface area contributed by atoms with E-state index < -0.39 is 5.97 Å². The second-order valence-electron chi connectivity index (χ2n) is 3.79. The number of hydrogen-bond donors (Lipinski definition) is 2. The third-order valence-electron chi connectivity index (χ3n) is 2.51. The number of anilines is 1. The first-order valence-corrected chi connectivity index (χ1v) is 5.77. The lowest BCUT2D eigenvalue weighted by Crippen LogP contribution is -2.17. The number of aromatic amines is 1. The molecule has 0 bridgehead atoms. The molecule has 0 spiro atoms. The highest BCUT2D eigenvalue weighted by molar-refractivity contribution is 6.06. The van der Waals surface area contributed by atoms with Gasteiger partial charge < -0.3 is 15.0 Å². The number of hydrogen-bond acceptors (Lipinski definition) is 4. The molecule has 0 aliphatic carbocycles. The molecule has 0 unspecified atom stereocenters. The van der Waals surface area contributed by atoms with Gasteiger partial charge in [-0.25, -0.2) is 4.79 Å². The summed E-state index contributed by atoms with van der Waals surface area (Å²) in [5.74, 6) is -0.561. The first-order chi connectivity index (χ1) is 9.13. The number of aromatic nitrogens is 3. The Kier molecular flexibility index (Phi) is 3.65. The summed E-state index contributed by atoms with van der Waals surface area (Å²) in [7, 11) is 1.63. The zero-order chi connectivity index (χ0) is 13.8. The predicted molar refractivity (Wildman–Crippen MR) is 67.9 cm³/mol. The quantitative estimate of drug-likeness (QED) is 0.810. The van der Waals surface area contributed by atoms with E-state index in [-0.39, 0.29) is 18.1 Å². The van der Waals surface area contributed by atoms with Crippen LogP contribution in [-0.4, -0.2) is 33.2 Å². The Morgan fingerprint density at radius 3 is 2.95 bits per heavy atom. The molecule has 1 amide bonds. The number of nitrogens with one attached hydrogen (secondary N) is 2. The third kappa shape index (κ3) is 2.65. The number of amides is 1. The third-order valence-corrected chi connectivity index (χ3v) is 2.51. The first-order valence-electron chi connectivity index (χ1n) is 5.77. The molecule has 2 heterocycles. The average Bonchev–Trinajstić information content (AvgIpc) is 3.01. The minimum atomic E-state index is -0.516. The standard InChI is InChI=1S/C12H14N4O3/c1-3-19-12(18)8-7-14-16(2)10(8)15-11(17)9-5-4-6-13-9/h4-7,13H,3H2,1-2H3,(H,15,17). The lowest BCUT2D eigenvalue weighted by Gasteiger charge is -2.07. The number of ether oxygens (including phenoxy) is 1. The maximum absolute atomic E-state index is 11.9. The van der Waals surface area contributed by atoms with E-state index in [9.17, 15) is 9.59 Å². The number of carbonyl (C=O) groups excluding carboxylic acids is 2. The Hall–Kier alpha value is -2.57. The van der Waals surface area contributed by atoms with Crippen LogP contribution in [0.3, 0.4) is 0 Å². The highest BCUT2D eigenvalue weighted by Crippen LogP contribution is 2.16. The molecule has 19 heavy (non-hydrogen) atoms. The molecule has 0 radical (unpaired) electrons. The number of esters is 1. The molecule has 0 atom stereocenters. The lowest BCUT2D eigenvalue weighted by atomic mass is 10.3. The van der Waals surface area contributed by atoms with Crippen LogP contribution in [0.25, 0.3) is 0 Å². The molecule has 7 heteroatoms. The van der Waals surface area contributed by atoms with Crippen LogP contribution in [0.1, 0.15) is 27.8 Å². The van der Waals surface area contributed by atoms with Crippen molar-refractivity contribution in [3.63, 3.8) is 0 Å². The van der Waals surface area contributed by atoms with Crippen molar-refractivity contribution in [2.24, 2.45) is 7.05 Å². The Balaban J connectivity index is 2.22. The fraction of sp³-hybridized carbons (Fsp3) is 0.250. The topological polar surface area (TPSA) is 89.0 Å². The van der Waals surface area contributed by atoms with Gasteiger partial charge in [0, 0.05) is 13.2 Å². The molecule has 0 saturated carbocycles. The van der Waals surface area contributed by atoms with E-state index in [1.807, 2.05) is 0 Å². The van der Waals surface area contributed by atoms with E-state index in [0.29, 0.717) is 11.5 Å². The zero-order valence-corrected chi connectivity index (χ0v) is 10.6. The predicted octanol–water partition coefficient (Wildman–Crippen LogP) is 1.18. The molecule has 2 rings (SSSR count). The van der Waals surface area contributed by atoms with Crippen LogP contribution in [0.15, 0.2) is 24.5 Å². The van der Waals surface area contributed by atoms with Gasteiger partial charge in [-0.05, 0) is 19.1 Å². The zero-order valence-electron chi connectivity index (χ0n) is 10.6. The molecule has 2 aromatic rings. The van der Waals surface area contributed by atoms with E-state index in [2.05, 4.69) is 15.4 Å². The molecular formula is C12H14N4O3. The summed E-state index contributed by atoms with van der Waals surface area (Å²) in [5.41, 5.74) is 0.625. The summed E-state index contributed by atoms with van der Waals surface area (Å²) in [4.78, 5) is 26.4. The number of rotatable bonds is 4. The minimum Gasteiger partial charge on any atom is -0.462 e. The van der Waals surface area contributed by atoms with Crippen LogP contribution >= 0.6 is 0 Å². The number of aryl methyl sites for hydroxylation is 1. The molecule has 0 aromatic carbocycles. The minimum absolute atomic E-state index is 0.226. The lowest BCUT2D eigenvalue weighted by molar-refractivity contribution is 0.0527. The molecule has 0 fully saturated rings. The maximum Gasteiger partial charge on any atom is 0.343 e. The summed E-state index contributed by atoms with van der Waals surface area (Å²) < 4.78 is 6.31. The second kappa shape index (κ2) is 5.38. The Labute approximate surface area is 109 Å². The van der Waals surface area contributed by atoms with Crippen LogP contribution in [0.5, 0.6) is 0 Å². The average molecular weight is 262 g/mol. The Morgan fingerprint density at radius 2 is 2.32 bits per heavy atom. The SMILES string of the molecule is CCOC(=O)c1cnn(C)c1NC(=O)c1ccc[nH]1. The van der Waals surface area contributed by atoms with Gasteiger partial charge in [0.15, 0.2) is 0 Å². The van der Waals surface area contributed by atoms with Crippen LogP contribution < -0.4 is 5.32 Å². The maximum atomic E-state index is 11.9. The molecule has 0 saturated heterocycles. The smallest absolute Gasteiger partial charge is 0.343 e. The number of nitrogens with zero attached hydrogens (tertiary/aromatic N) is 2. The van der Waals surface area contributed by atoms with Crippen LogP contribution in [0, 0.1) is 0 Å². The van der Waals surface area contributed by atoms with Gasteiger partial charge in [0.05, 0.1) is 12.8 Å².